The summed E-state index contributed by atoms with van der Waals surface area (Å²) in [6.45, 7) is 0.740. The van der Waals surface area contributed by atoms with Crippen LogP contribution in [0.4, 0.5) is 4.39 Å². The van der Waals surface area contributed by atoms with Gasteiger partial charge >= 0.3 is 0 Å². The second-order valence-corrected chi connectivity index (χ2v) is 8.16. The molecule has 1 atom stereocenters. The van der Waals surface area contributed by atoms with E-state index in [1.807, 2.05) is 21.7 Å². The number of hydrogen-bond acceptors (Lipinski definition) is 3. The molecule has 30 heavy (non-hydrogen) atoms. The van der Waals surface area contributed by atoms with Gasteiger partial charge in [-0.25, -0.2) is 9.07 Å². The molecule has 3 heterocycles. The first-order chi connectivity index (χ1) is 14.7. The zero-order valence-electron chi connectivity index (χ0n) is 16.9. The highest BCUT2D eigenvalue weighted by molar-refractivity contribution is 5.94. The van der Waals surface area contributed by atoms with Crippen LogP contribution in [-0.4, -0.2) is 32.1 Å². The number of benzene rings is 1. The van der Waals surface area contributed by atoms with Crippen LogP contribution in [0.2, 0.25) is 0 Å². The molecule has 0 saturated carbocycles. The fourth-order valence-corrected chi connectivity index (χ4v) is 4.82. The van der Waals surface area contributed by atoms with Gasteiger partial charge in [-0.3, -0.25) is 9.78 Å². The monoisotopic (exact) mass is 404 g/mol. The number of halogens is 1. The highest BCUT2D eigenvalue weighted by Crippen LogP contribution is 2.34. The van der Waals surface area contributed by atoms with Crippen LogP contribution in [0.3, 0.4) is 0 Å². The number of carbonyl (C=O) groups excluding carboxylic acids is 1. The van der Waals surface area contributed by atoms with Gasteiger partial charge in [0.15, 0.2) is 5.69 Å². The molecule has 1 saturated heterocycles. The van der Waals surface area contributed by atoms with E-state index in [0.717, 1.165) is 74.0 Å². The molecule has 1 fully saturated rings. The summed E-state index contributed by atoms with van der Waals surface area (Å²) in [5, 5.41) is 4.76. The predicted molar refractivity (Wildman–Crippen MR) is 112 cm³/mol. The number of carbonyl (C=O) groups is 1. The van der Waals surface area contributed by atoms with E-state index in [2.05, 4.69) is 4.98 Å². The third kappa shape index (κ3) is 3.40. The lowest BCUT2D eigenvalue weighted by Crippen LogP contribution is -2.35. The Morgan fingerprint density at radius 1 is 0.967 bits per heavy atom. The van der Waals surface area contributed by atoms with Gasteiger partial charge in [-0.15, -0.1) is 0 Å². The third-order valence-corrected chi connectivity index (χ3v) is 6.31. The summed E-state index contributed by atoms with van der Waals surface area (Å²) < 4.78 is 15.2. The molecule has 0 spiro atoms. The SMILES string of the molecule is O=C(c1nn(-c2ccc(F)cc2)c2c1CCC2)N1CCCCCC1c1ccncc1. The summed E-state index contributed by atoms with van der Waals surface area (Å²) in [4.78, 5) is 19.9. The average molecular weight is 404 g/mol. The Hall–Kier alpha value is -3.02. The standard InChI is InChI=1S/C24H25FN4O/c25-18-8-10-19(11-9-18)29-22-7-4-5-20(22)23(27-29)24(30)28-16-3-1-2-6-21(28)17-12-14-26-15-13-17/h8-15,21H,1-7,16H2. The molecule has 6 heteroatoms. The highest BCUT2D eigenvalue weighted by atomic mass is 19.1. The maximum Gasteiger partial charge on any atom is 0.275 e. The van der Waals surface area contributed by atoms with Crippen LogP contribution in [0.5, 0.6) is 0 Å². The van der Waals surface area contributed by atoms with Gasteiger partial charge in [-0.05, 0) is 74.1 Å². The molecule has 1 aromatic carbocycles. The molecule has 2 aliphatic rings. The van der Waals surface area contributed by atoms with Crippen molar-refractivity contribution in [1.82, 2.24) is 19.7 Å². The molecule has 3 aromatic rings. The molecule has 1 amide bonds. The largest absolute Gasteiger partial charge is 0.330 e. The fourth-order valence-electron chi connectivity index (χ4n) is 4.82. The molecule has 0 radical (unpaired) electrons. The number of pyridine rings is 1. The van der Waals surface area contributed by atoms with E-state index >= 15 is 0 Å². The van der Waals surface area contributed by atoms with Crippen LogP contribution in [0, 0.1) is 5.82 Å². The third-order valence-electron chi connectivity index (χ3n) is 6.31. The molecule has 0 bridgehead atoms. The Morgan fingerprint density at radius 3 is 2.57 bits per heavy atom. The molecule has 1 aliphatic heterocycles. The summed E-state index contributed by atoms with van der Waals surface area (Å²) in [6, 6.07) is 10.4. The minimum atomic E-state index is -0.274. The maximum absolute atomic E-state index is 13.8. The molecule has 1 unspecified atom stereocenters. The first-order valence-electron chi connectivity index (χ1n) is 10.8. The lowest BCUT2D eigenvalue weighted by atomic mass is 10.0. The van der Waals surface area contributed by atoms with Crippen molar-refractivity contribution in [3.63, 3.8) is 0 Å². The number of amides is 1. The van der Waals surface area contributed by atoms with Gasteiger partial charge in [-0.2, -0.15) is 5.10 Å². The van der Waals surface area contributed by atoms with Crippen LogP contribution in [-0.2, 0) is 12.8 Å². The highest BCUT2D eigenvalue weighted by Gasteiger charge is 2.33. The van der Waals surface area contributed by atoms with Gasteiger partial charge in [0, 0.05) is 30.2 Å². The molecule has 5 rings (SSSR count). The zero-order chi connectivity index (χ0) is 20.5. The summed E-state index contributed by atoms with van der Waals surface area (Å²) in [5.74, 6) is -0.263. The van der Waals surface area contributed by atoms with Crippen molar-refractivity contribution >= 4 is 5.91 Å². The number of hydrogen-bond donors (Lipinski definition) is 0. The summed E-state index contributed by atoms with van der Waals surface area (Å²) in [6.07, 6.45) is 10.6. The van der Waals surface area contributed by atoms with Gasteiger partial charge in [-0.1, -0.05) is 12.8 Å². The van der Waals surface area contributed by atoms with Crippen LogP contribution >= 0.6 is 0 Å². The quantitative estimate of drug-likeness (QED) is 0.638. The first kappa shape index (κ1) is 19.0. The average Bonchev–Trinajstić information content (AvgIpc) is 3.29. The van der Waals surface area contributed by atoms with E-state index < -0.39 is 0 Å². The predicted octanol–water partition coefficient (Wildman–Crippen LogP) is 4.65. The Bertz CT molecular complexity index is 1050. The second kappa shape index (κ2) is 8.01. The van der Waals surface area contributed by atoms with Gasteiger partial charge in [0.1, 0.15) is 5.82 Å². The number of nitrogens with zero attached hydrogens (tertiary/aromatic N) is 4. The van der Waals surface area contributed by atoms with E-state index in [1.165, 1.54) is 12.1 Å². The molecule has 154 valence electrons. The zero-order valence-corrected chi connectivity index (χ0v) is 16.9. The number of likely N-dealkylation sites (tertiary alicyclic amines) is 1. The Labute approximate surface area is 175 Å². The van der Waals surface area contributed by atoms with Gasteiger partial charge in [0.25, 0.3) is 5.91 Å². The molecule has 2 aromatic heterocycles. The van der Waals surface area contributed by atoms with Crippen molar-refractivity contribution in [2.45, 2.75) is 51.0 Å². The number of aromatic nitrogens is 3. The Balaban J connectivity index is 1.53. The first-order valence-corrected chi connectivity index (χ1v) is 10.8. The lowest BCUT2D eigenvalue weighted by molar-refractivity contribution is 0.0673. The van der Waals surface area contributed by atoms with Crippen molar-refractivity contribution in [3.05, 3.63) is 77.1 Å². The van der Waals surface area contributed by atoms with E-state index in [9.17, 15) is 9.18 Å². The topological polar surface area (TPSA) is 51.0 Å². The van der Waals surface area contributed by atoms with E-state index in [-0.39, 0.29) is 17.8 Å². The summed E-state index contributed by atoms with van der Waals surface area (Å²) in [7, 11) is 0. The molecule has 0 N–H and O–H groups in total. The van der Waals surface area contributed by atoms with Crippen molar-refractivity contribution < 1.29 is 9.18 Å². The number of rotatable bonds is 3. The van der Waals surface area contributed by atoms with E-state index in [4.69, 9.17) is 5.10 Å². The van der Waals surface area contributed by atoms with E-state index in [1.54, 1.807) is 24.5 Å². The summed E-state index contributed by atoms with van der Waals surface area (Å²) in [5.41, 5.74) is 4.64. The molecule has 5 nitrogen and oxygen atoms in total. The smallest absolute Gasteiger partial charge is 0.275 e. The van der Waals surface area contributed by atoms with Crippen molar-refractivity contribution in [2.75, 3.05) is 6.54 Å². The minimum absolute atomic E-state index is 0.0118. The Morgan fingerprint density at radius 2 is 1.77 bits per heavy atom. The van der Waals surface area contributed by atoms with Crippen LogP contribution in [0.15, 0.2) is 48.8 Å². The molecular weight excluding hydrogens is 379 g/mol. The fraction of sp³-hybridized carbons (Fsp3) is 0.375. The second-order valence-electron chi connectivity index (χ2n) is 8.16. The van der Waals surface area contributed by atoms with Crippen molar-refractivity contribution in [2.24, 2.45) is 0 Å². The normalized spacial score (nSPS) is 18.8. The van der Waals surface area contributed by atoms with Crippen molar-refractivity contribution in [1.29, 1.82) is 0 Å². The summed E-state index contributed by atoms with van der Waals surface area (Å²) >= 11 is 0. The van der Waals surface area contributed by atoms with Crippen LogP contribution < -0.4 is 0 Å². The minimum Gasteiger partial charge on any atom is -0.330 e. The van der Waals surface area contributed by atoms with Crippen LogP contribution in [0.25, 0.3) is 5.69 Å². The van der Waals surface area contributed by atoms with Gasteiger partial charge < -0.3 is 4.90 Å². The number of fused-ring (bicyclic) bond motifs is 1. The van der Waals surface area contributed by atoms with Crippen molar-refractivity contribution in [3.8, 4) is 5.69 Å². The Kier molecular flexibility index (Phi) is 5.07. The van der Waals surface area contributed by atoms with E-state index in [0.29, 0.717) is 5.69 Å². The van der Waals surface area contributed by atoms with Gasteiger partial charge in [0.05, 0.1) is 11.7 Å². The van der Waals surface area contributed by atoms with Crippen LogP contribution in [0.1, 0.15) is 65.5 Å². The molecular formula is C24H25FN4O. The maximum atomic E-state index is 13.8. The lowest BCUT2D eigenvalue weighted by Gasteiger charge is -2.30. The molecule has 1 aliphatic carbocycles. The van der Waals surface area contributed by atoms with Gasteiger partial charge in [0.2, 0.25) is 0 Å².